The van der Waals surface area contributed by atoms with Crippen LogP contribution in [0, 0.1) is 0 Å². The average Bonchev–Trinajstić information content (AvgIpc) is 3.33. The summed E-state index contributed by atoms with van der Waals surface area (Å²) in [7, 11) is -3.06. The van der Waals surface area contributed by atoms with Crippen LogP contribution < -0.4 is 5.32 Å². The second-order valence-corrected chi connectivity index (χ2v) is 9.50. The van der Waals surface area contributed by atoms with Crippen molar-refractivity contribution in [3.05, 3.63) is 78.0 Å². The molecule has 2 heterocycles. The van der Waals surface area contributed by atoms with Gasteiger partial charge in [-0.3, -0.25) is 9.48 Å². The Kier molecular flexibility index (Phi) is 5.49. The molecule has 0 radical (unpaired) electrons. The van der Waals surface area contributed by atoms with Crippen LogP contribution in [0.25, 0.3) is 11.3 Å². The molecule has 0 spiro atoms. The second kappa shape index (κ2) is 8.21. The largest absolute Gasteiger partial charge is 0.350 e. The van der Waals surface area contributed by atoms with Gasteiger partial charge in [-0.15, -0.1) is 0 Å². The van der Waals surface area contributed by atoms with Crippen molar-refractivity contribution in [1.29, 1.82) is 0 Å². The highest BCUT2D eigenvalue weighted by molar-refractivity contribution is 7.91. The molecule has 6 nitrogen and oxygen atoms in total. The highest BCUT2D eigenvalue weighted by Gasteiger charge is 2.32. The van der Waals surface area contributed by atoms with E-state index in [-0.39, 0.29) is 23.5 Å². The Bertz CT molecular complexity index is 1090. The summed E-state index contributed by atoms with van der Waals surface area (Å²) in [6.07, 6.45) is 1.25. The van der Waals surface area contributed by atoms with Crippen LogP contribution in [0.1, 0.15) is 28.5 Å². The van der Waals surface area contributed by atoms with E-state index >= 15 is 0 Å². The fraction of sp³-hybridized carbons (Fsp3) is 0.273. The smallest absolute Gasteiger partial charge is 0.271 e. The third kappa shape index (κ3) is 4.56. The van der Waals surface area contributed by atoms with Crippen LogP contribution in [0.2, 0.25) is 0 Å². The van der Waals surface area contributed by atoms with Crippen LogP contribution >= 0.6 is 0 Å². The van der Waals surface area contributed by atoms with E-state index in [0.29, 0.717) is 18.7 Å². The molecule has 1 fully saturated rings. The van der Waals surface area contributed by atoms with Crippen molar-refractivity contribution < 1.29 is 13.2 Å². The molecule has 3 aromatic rings. The summed E-state index contributed by atoms with van der Waals surface area (Å²) in [6, 6.07) is 21.1. The Morgan fingerprint density at radius 3 is 2.41 bits per heavy atom. The Morgan fingerprint density at radius 1 is 1.07 bits per heavy atom. The highest BCUT2D eigenvalue weighted by Crippen LogP contribution is 2.30. The van der Waals surface area contributed by atoms with E-state index in [1.54, 1.807) is 10.7 Å². The zero-order valence-corrected chi connectivity index (χ0v) is 16.8. The molecular weight excluding hydrogens is 386 g/mol. The molecular formula is C22H23N3O3S. The minimum Gasteiger partial charge on any atom is -0.350 e. The zero-order chi connectivity index (χ0) is 20.3. The first kappa shape index (κ1) is 19.4. The number of rotatable bonds is 6. The molecule has 1 N–H and O–H groups in total. The predicted octanol–water partition coefficient (Wildman–Crippen LogP) is 2.88. The quantitative estimate of drug-likeness (QED) is 0.679. The number of aromatic nitrogens is 2. The summed E-state index contributed by atoms with van der Waals surface area (Å²) in [4.78, 5) is 12.7. The minimum absolute atomic E-state index is 0.0591. The van der Waals surface area contributed by atoms with E-state index < -0.39 is 9.84 Å². The first-order chi connectivity index (χ1) is 14.0. The van der Waals surface area contributed by atoms with Gasteiger partial charge < -0.3 is 5.32 Å². The number of nitrogens with zero attached hydrogens (tertiary/aromatic N) is 2. The third-order valence-electron chi connectivity index (χ3n) is 5.13. The van der Waals surface area contributed by atoms with Gasteiger partial charge >= 0.3 is 0 Å². The van der Waals surface area contributed by atoms with E-state index in [9.17, 15) is 13.2 Å². The number of carbonyl (C=O) groups is 1. The molecule has 4 rings (SSSR count). The fourth-order valence-corrected chi connectivity index (χ4v) is 5.32. The van der Waals surface area contributed by atoms with Gasteiger partial charge in [-0.1, -0.05) is 60.7 Å². The van der Waals surface area contributed by atoms with Crippen LogP contribution in [0.3, 0.4) is 0 Å². The van der Waals surface area contributed by atoms with Crippen LogP contribution in [0.4, 0.5) is 0 Å². The molecule has 1 saturated heterocycles. The summed E-state index contributed by atoms with van der Waals surface area (Å²) >= 11 is 0. The van der Waals surface area contributed by atoms with Crippen LogP contribution in [0.5, 0.6) is 0 Å². The number of sulfone groups is 1. The Labute approximate surface area is 170 Å². The highest BCUT2D eigenvalue weighted by atomic mass is 32.2. The van der Waals surface area contributed by atoms with Crippen molar-refractivity contribution in [2.24, 2.45) is 0 Å². The molecule has 7 heteroatoms. The third-order valence-corrected chi connectivity index (χ3v) is 6.88. The van der Waals surface area contributed by atoms with Crippen molar-refractivity contribution >= 4 is 15.7 Å². The number of benzene rings is 2. The van der Waals surface area contributed by atoms with E-state index in [1.165, 1.54) is 0 Å². The molecule has 1 aliphatic heterocycles. The summed E-state index contributed by atoms with van der Waals surface area (Å²) in [6.45, 7) is 0.508. The molecule has 1 aliphatic rings. The number of carbonyl (C=O) groups excluding carboxylic acids is 1. The average molecular weight is 410 g/mol. The monoisotopic (exact) mass is 409 g/mol. The molecule has 0 unspecified atom stereocenters. The van der Waals surface area contributed by atoms with Gasteiger partial charge in [-0.25, -0.2) is 8.42 Å². The minimum atomic E-state index is -3.06. The molecule has 0 bridgehead atoms. The van der Waals surface area contributed by atoms with Gasteiger partial charge in [-0.05, 0) is 30.0 Å². The molecule has 2 aromatic carbocycles. The van der Waals surface area contributed by atoms with Crippen molar-refractivity contribution in [1.82, 2.24) is 15.1 Å². The van der Waals surface area contributed by atoms with E-state index in [2.05, 4.69) is 10.4 Å². The lowest BCUT2D eigenvalue weighted by atomic mass is 10.1. The lowest BCUT2D eigenvalue weighted by Gasteiger charge is -2.13. The van der Waals surface area contributed by atoms with E-state index in [4.69, 9.17) is 0 Å². The molecule has 29 heavy (non-hydrogen) atoms. The number of amides is 1. The Balaban J connectivity index is 1.55. The van der Waals surface area contributed by atoms with Crippen molar-refractivity contribution in [2.45, 2.75) is 18.9 Å². The van der Waals surface area contributed by atoms with Gasteiger partial charge in [0.25, 0.3) is 5.91 Å². The van der Waals surface area contributed by atoms with Crippen LogP contribution in [0.15, 0.2) is 66.7 Å². The van der Waals surface area contributed by atoms with E-state index in [0.717, 1.165) is 23.2 Å². The lowest BCUT2D eigenvalue weighted by molar-refractivity contribution is 0.0948. The van der Waals surface area contributed by atoms with Crippen molar-refractivity contribution in [3.63, 3.8) is 0 Å². The number of hydrogen-bond acceptors (Lipinski definition) is 4. The predicted molar refractivity (Wildman–Crippen MR) is 112 cm³/mol. The first-order valence-corrected chi connectivity index (χ1v) is 11.5. The van der Waals surface area contributed by atoms with Gasteiger partial charge in [-0.2, -0.15) is 5.10 Å². The van der Waals surface area contributed by atoms with Gasteiger partial charge in [0.2, 0.25) is 0 Å². The maximum atomic E-state index is 12.7. The number of hydrogen-bond donors (Lipinski definition) is 1. The standard InChI is InChI=1S/C22H23N3O3S/c26-22(23-13-11-17-7-3-1-4-8-17)20-15-21(18-9-5-2-6-10-18)25(24-20)19-12-14-29(27,28)16-19/h1-10,15,19H,11-14,16H2,(H,23,26)/t19-/m0/s1. The first-order valence-electron chi connectivity index (χ1n) is 9.69. The Hall–Kier alpha value is -2.93. The maximum absolute atomic E-state index is 12.7. The number of nitrogens with one attached hydrogen (secondary N) is 1. The molecule has 0 saturated carbocycles. The molecule has 1 atom stereocenters. The lowest BCUT2D eigenvalue weighted by Crippen LogP contribution is -2.26. The summed E-state index contributed by atoms with van der Waals surface area (Å²) < 4.78 is 25.6. The second-order valence-electron chi connectivity index (χ2n) is 7.27. The van der Waals surface area contributed by atoms with E-state index in [1.807, 2.05) is 60.7 Å². The van der Waals surface area contributed by atoms with Crippen molar-refractivity contribution in [2.75, 3.05) is 18.1 Å². The molecule has 1 aromatic heterocycles. The molecule has 150 valence electrons. The maximum Gasteiger partial charge on any atom is 0.271 e. The molecule has 0 aliphatic carbocycles. The van der Waals surface area contributed by atoms with Gasteiger partial charge in [0.15, 0.2) is 15.5 Å². The fourth-order valence-electron chi connectivity index (χ4n) is 3.63. The zero-order valence-electron chi connectivity index (χ0n) is 16.0. The topological polar surface area (TPSA) is 81.1 Å². The van der Waals surface area contributed by atoms with Crippen LogP contribution in [-0.4, -0.2) is 42.2 Å². The SMILES string of the molecule is O=C(NCCc1ccccc1)c1cc(-c2ccccc2)n([C@H]2CCS(=O)(=O)C2)n1. The Morgan fingerprint density at radius 2 is 1.76 bits per heavy atom. The normalized spacial score (nSPS) is 17.9. The van der Waals surface area contributed by atoms with Crippen molar-refractivity contribution in [3.8, 4) is 11.3 Å². The van der Waals surface area contributed by atoms with Gasteiger partial charge in [0.1, 0.15) is 0 Å². The van der Waals surface area contributed by atoms with Gasteiger partial charge in [0.05, 0.1) is 23.2 Å². The summed E-state index contributed by atoms with van der Waals surface area (Å²) in [5.74, 6) is -0.0359. The van der Waals surface area contributed by atoms with Crippen LogP contribution in [-0.2, 0) is 16.3 Å². The molecule has 1 amide bonds. The van der Waals surface area contributed by atoms with Gasteiger partial charge in [0, 0.05) is 6.54 Å². The summed E-state index contributed by atoms with van der Waals surface area (Å²) in [5, 5.41) is 7.41. The summed E-state index contributed by atoms with van der Waals surface area (Å²) in [5.41, 5.74) is 3.13.